The second kappa shape index (κ2) is 6.67. The highest BCUT2D eigenvalue weighted by molar-refractivity contribution is 6.15. The van der Waals surface area contributed by atoms with Crippen LogP contribution in [0.1, 0.15) is 0 Å². The molecule has 0 fully saturated rings. The Morgan fingerprint density at radius 3 is 1.62 bits per heavy atom. The van der Waals surface area contributed by atoms with Gasteiger partial charge in [-0.25, -0.2) is 0 Å². The molecule has 0 unspecified atom stereocenters. The van der Waals surface area contributed by atoms with Crippen molar-refractivity contribution in [1.29, 1.82) is 0 Å². The van der Waals surface area contributed by atoms with Crippen molar-refractivity contribution in [3.8, 4) is 11.1 Å². The second-order valence-electron chi connectivity index (χ2n) is 8.61. The van der Waals surface area contributed by atoms with Gasteiger partial charge in [-0.15, -0.1) is 0 Å². The molecule has 148 valence electrons. The maximum Gasteiger partial charge on any atom is -0.00988 e. The Bertz CT molecular complexity index is 1820. The van der Waals surface area contributed by atoms with Crippen molar-refractivity contribution < 1.29 is 0 Å². The van der Waals surface area contributed by atoms with Crippen LogP contribution in [0.4, 0.5) is 0 Å². The fourth-order valence-electron chi connectivity index (χ4n) is 5.21. The Morgan fingerprint density at radius 1 is 0.281 bits per heavy atom. The molecule has 0 aromatic heterocycles. The quantitative estimate of drug-likeness (QED) is 0.189. The average molecular weight is 405 g/mol. The maximum absolute atomic E-state index is 2.38. The molecule has 7 rings (SSSR count). The van der Waals surface area contributed by atoms with Gasteiger partial charge in [0.15, 0.2) is 0 Å². The van der Waals surface area contributed by atoms with Crippen LogP contribution in [0.3, 0.4) is 0 Å². The van der Waals surface area contributed by atoms with Crippen LogP contribution in [0, 0.1) is 0 Å². The lowest BCUT2D eigenvalue weighted by Crippen LogP contribution is -1.85. The third-order valence-corrected chi connectivity index (χ3v) is 6.80. The van der Waals surface area contributed by atoms with Gasteiger partial charge in [-0.3, -0.25) is 0 Å². The summed E-state index contributed by atoms with van der Waals surface area (Å²) in [4.78, 5) is 0. The Kier molecular flexibility index (Phi) is 3.65. The minimum Gasteiger partial charge on any atom is -0.0616 e. The Labute approximate surface area is 186 Å². The number of rotatable bonds is 1. The molecular weight excluding hydrogens is 384 g/mol. The summed E-state index contributed by atoms with van der Waals surface area (Å²) < 4.78 is 0. The Morgan fingerprint density at radius 2 is 0.844 bits per heavy atom. The molecule has 0 heterocycles. The van der Waals surface area contributed by atoms with E-state index in [2.05, 4.69) is 121 Å². The monoisotopic (exact) mass is 404 g/mol. The second-order valence-corrected chi connectivity index (χ2v) is 8.61. The van der Waals surface area contributed by atoms with Crippen LogP contribution in [-0.4, -0.2) is 0 Å². The number of benzene rings is 7. The minimum absolute atomic E-state index is 1.26. The first-order chi connectivity index (χ1) is 15.8. The zero-order valence-corrected chi connectivity index (χ0v) is 17.5. The lowest BCUT2D eigenvalue weighted by molar-refractivity contribution is 1.70. The molecule has 0 heteroatoms. The van der Waals surface area contributed by atoms with Gasteiger partial charge in [-0.1, -0.05) is 103 Å². The zero-order chi connectivity index (χ0) is 21.1. The number of hydrogen-bond donors (Lipinski definition) is 0. The van der Waals surface area contributed by atoms with Gasteiger partial charge in [0.05, 0.1) is 0 Å². The van der Waals surface area contributed by atoms with E-state index in [0.717, 1.165) is 0 Å². The summed E-state index contributed by atoms with van der Waals surface area (Å²) in [5.74, 6) is 0. The molecule has 0 aliphatic rings. The summed E-state index contributed by atoms with van der Waals surface area (Å²) in [7, 11) is 0. The Hall–Kier alpha value is -4.16. The molecule has 0 spiro atoms. The van der Waals surface area contributed by atoms with Crippen LogP contribution in [0.2, 0.25) is 0 Å². The van der Waals surface area contributed by atoms with Gasteiger partial charge >= 0.3 is 0 Å². The highest BCUT2D eigenvalue weighted by Crippen LogP contribution is 2.36. The van der Waals surface area contributed by atoms with Gasteiger partial charge in [0.1, 0.15) is 0 Å². The van der Waals surface area contributed by atoms with Crippen molar-refractivity contribution in [2.24, 2.45) is 0 Å². The van der Waals surface area contributed by atoms with Crippen LogP contribution in [0.5, 0.6) is 0 Å². The van der Waals surface area contributed by atoms with Crippen LogP contribution < -0.4 is 0 Å². The lowest BCUT2D eigenvalue weighted by Gasteiger charge is -2.12. The lowest BCUT2D eigenvalue weighted by atomic mass is 9.92. The van der Waals surface area contributed by atoms with E-state index in [1.165, 1.54) is 65.0 Å². The van der Waals surface area contributed by atoms with E-state index >= 15 is 0 Å². The third kappa shape index (κ3) is 2.57. The molecule has 0 saturated carbocycles. The molecule has 0 radical (unpaired) electrons. The standard InChI is InChI=1S/C32H20/c1-3-9-27-21(6-1)12-14-24-19-25(16-17-30(24)27)29-11-5-8-23-18-26-15-13-22-7-2-4-10-28(22)32(26)20-31(23)29/h1-20H. The van der Waals surface area contributed by atoms with Gasteiger partial charge in [0, 0.05) is 0 Å². The highest BCUT2D eigenvalue weighted by Gasteiger charge is 2.09. The van der Waals surface area contributed by atoms with Crippen LogP contribution >= 0.6 is 0 Å². The molecule has 0 aliphatic heterocycles. The zero-order valence-electron chi connectivity index (χ0n) is 17.5. The summed E-state index contributed by atoms with van der Waals surface area (Å²) in [5.41, 5.74) is 2.55. The van der Waals surface area contributed by atoms with Gasteiger partial charge in [-0.05, 0) is 83.2 Å². The van der Waals surface area contributed by atoms with E-state index < -0.39 is 0 Å². The number of fused-ring (bicyclic) bond motifs is 7. The first kappa shape index (κ1) is 17.5. The van der Waals surface area contributed by atoms with E-state index in [1.807, 2.05) is 0 Å². The largest absolute Gasteiger partial charge is 0.0616 e. The maximum atomic E-state index is 2.38. The molecule has 0 amide bonds. The fraction of sp³-hybridized carbons (Fsp3) is 0. The SMILES string of the molecule is c1cc(-c2ccc3c(ccc4ccccc43)c2)c2cc3c(ccc4ccccc43)cc2c1. The summed E-state index contributed by atoms with van der Waals surface area (Å²) in [6, 6.07) is 44.5. The molecule has 0 bridgehead atoms. The topological polar surface area (TPSA) is 0 Å². The van der Waals surface area contributed by atoms with Gasteiger partial charge in [0.25, 0.3) is 0 Å². The molecule has 7 aromatic rings. The van der Waals surface area contributed by atoms with Crippen LogP contribution in [0.15, 0.2) is 121 Å². The van der Waals surface area contributed by atoms with Gasteiger partial charge < -0.3 is 0 Å². The van der Waals surface area contributed by atoms with E-state index in [4.69, 9.17) is 0 Å². The third-order valence-electron chi connectivity index (χ3n) is 6.80. The van der Waals surface area contributed by atoms with Crippen molar-refractivity contribution in [1.82, 2.24) is 0 Å². The molecule has 0 atom stereocenters. The van der Waals surface area contributed by atoms with E-state index in [1.54, 1.807) is 0 Å². The predicted octanol–water partition coefficient (Wildman–Crippen LogP) is 9.12. The first-order valence-corrected chi connectivity index (χ1v) is 11.1. The van der Waals surface area contributed by atoms with E-state index in [0.29, 0.717) is 0 Å². The van der Waals surface area contributed by atoms with Crippen LogP contribution in [-0.2, 0) is 0 Å². The molecule has 0 aliphatic carbocycles. The highest BCUT2D eigenvalue weighted by atomic mass is 14.1. The summed E-state index contributed by atoms with van der Waals surface area (Å²) >= 11 is 0. The number of hydrogen-bond acceptors (Lipinski definition) is 0. The van der Waals surface area contributed by atoms with Gasteiger partial charge in [-0.2, -0.15) is 0 Å². The van der Waals surface area contributed by atoms with Crippen molar-refractivity contribution in [2.75, 3.05) is 0 Å². The van der Waals surface area contributed by atoms with Crippen molar-refractivity contribution in [3.63, 3.8) is 0 Å². The summed E-state index contributed by atoms with van der Waals surface area (Å²) in [5, 5.41) is 13.0. The summed E-state index contributed by atoms with van der Waals surface area (Å²) in [6.45, 7) is 0. The van der Waals surface area contributed by atoms with E-state index in [-0.39, 0.29) is 0 Å². The normalized spacial score (nSPS) is 11.8. The van der Waals surface area contributed by atoms with Crippen LogP contribution in [0.25, 0.3) is 65.0 Å². The molecule has 7 aromatic carbocycles. The van der Waals surface area contributed by atoms with Crippen molar-refractivity contribution >= 4 is 53.9 Å². The molecular formula is C32H20. The molecule has 0 saturated heterocycles. The fourth-order valence-corrected chi connectivity index (χ4v) is 5.21. The Balaban J connectivity index is 1.52. The molecule has 0 nitrogen and oxygen atoms in total. The molecule has 0 N–H and O–H groups in total. The predicted molar refractivity (Wildman–Crippen MR) is 139 cm³/mol. The smallest absolute Gasteiger partial charge is 0.00988 e. The molecule has 32 heavy (non-hydrogen) atoms. The average Bonchev–Trinajstić information content (AvgIpc) is 2.86. The van der Waals surface area contributed by atoms with E-state index in [9.17, 15) is 0 Å². The van der Waals surface area contributed by atoms with Gasteiger partial charge in [0.2, 0.25) is 0 Å². The first-order valence-electron chi connectivity index (χ1n) is 11.1. The van der Waals surface area contributed by atoms with Crippen molar-refractivity contribution in [2.45, 2.75) is 0 Å². The van der Waals surface area contributed by atoms with Crippen molar-refractivity contribution in [3.05, 3.63) is 121 Å². The summed E-state index contributed by atoms with van der Waals surface area (Å²) in [6.07, 6.45) is 0. The minimum atomic E-state index is 1.26.